The highest BCUT2D eigenvalue weighted by Gasteiger charge is 2.35. The van der Waals surface area contributed by atoms with Crippen LogP contribution in [-0.2, 0) is 15.8 Å². The molecule has 0 aliphatic carbocycles. The van der Waals surface area contributed by atoms with Crippen molar-refractivity contribution in [2.75, 3.05) is 6.61 Å². The van der Waals surface area contributed by atoms with Gasteiger partial charge in [-0.25, -0.2) is 9.97 Å². The largest absolute Gasteiger partial charge is 0.367 e. The van der Waals surface area contributed by atoms with Gasteiger partial charge in [-0.1, -0.05) is 32.4 Å². The van der Waals surface area contributed by atoms with Gasteiger partial charge in [-0.2, -0.15) is 0 Å². The Bertz CT molecular complexity index is 479. The lowest BCUT2D eigenvalue weighted by molar-refractivity contribution is -0.0762. The van der Waals surface area contributed by atoms with Crippen molar-refractivity contribution in [1.29, 1.82) is 0 Å². The fraction of sp³-hybridized carbons (Fsp3) is 0.714. The van der Waals surface area contributed by atoms with E-state index in [0.717, 1.165) is 36.0 Å². The van der Waals surface area contributed by atoms with Gasteiger partial charge in [-0.15, -0.1) is 0 Å². The minimum Gasteiger partial charge on any atom is -0.367 e. The highest BCUT2D eigenvalue weighted by Crippen LogP contribution is 2.37. The quantitative estimate of drug-likeness (QED) is 0.696. The predicted molar refractivity (Wildman–Crippen MR) is 80.6 cm³/mol. The van der Waals surface area contributed by atoms with Gasteiger partial charge >= 0.3 is 0 Å². The first kappa shape index (κ1) is 15.2. The minimum absolute atomic E-state index is 0.0921. The normalized spacial score (nSPS) is 24.5. The molecule has 0 amide bonds. The molecule has 1 saturated heterocycles. The van der Waals surface area contributed by atoms with Crippen LogP contribution < -0.4 is 0 Å². The smallest absolute Gasteiger partial charge is 0.162 e. The first-order valence-electron chi connectivity index (χ1n) is 6.62. The number of rotatable bonds is 1. The molecule has 1 aliphatic heterocycles. The Hall–Kier alpha value is -0.190. The van der Waals surface area contributed by atoms with Crippen LogP contribution in [0.15, 0.2) is 4.47 Å². The predicted octanol–water partition coefficient (Wildman–Crippen LogP) is 4.61. The van der Waals surface area contributed by atoms with E-state index in [1.54, 1.807) is 0 Å². The molecule has 106 valence electrons. The van der Waals surface area contributed by atoms with E-state index < -0.39 is 5.60 Å². The summed E-state index contributed by atoms with van der Waals surface area (Å²) in [6.07, 6.45) is 3.18. The van der Waals surface area contributed by atoms with Crippen molar-refractivity contribution in [2.45, 2.75) is 58.0 Å². The molecule has 1 unspecified atom stereocenters. The third kappa shape index (κ3) is 3.11. The SMILES string of the molecule is CC(C)(C)c1nc(C2(C)CCCCO2)nc(Cl)c1Br. The van der Waals surface area contributed by atoms with E-state index in [9.17, 15) is 0 Å². The number of hydrogen-bond acceptors (Lipinski definition) is 3. The maximum absolute atomic E-state index is 6.25. The van der Waals surface area contributed by atoms with Gasteiger partial charge < -0.3 is 4.74 Å². The Morgan fingerprint density at radius 1 is 1.26 bits per heavy atom. The van der Waals surface area contributed by atoms with Crippen molar-refractivity contribution in [1.82, 2.24) is 9.97 Å². The summed E-state index contributed by atoms with van der Waals surface area (Å²) in [4.78, 5) is 9.16. The van der Waals surface area contributed by atoms with E-state index in [1.165, 1.54) is 0 Å². The molecule has 19 heavy (non-hydrogen) atoms. The van der Waals surface area contributed by atoms with Crippen LogP contribution in [0.5, 0.6) is 0 Å². The molecule has 0 aromatic carbocycles. The van der Waals surface area contributed by atoms with Crippen LogP contribution in [0.3, 0.4) is 0 Å². The molecule has 1 fully saturated rings. The van der Waals surface area contributed by atoms with Gasteiger partial charge in [0.15, 0.2) is 5.82 Å². The van der Waals surface area contributed by atoms with Crippen LogP contribution in [-0.4, -0.2) is 16.6 Å². The summed E-state index contributed by atoms with van der Waals surface area (Å²) in [5, 5.41) is 0.463. The molecule has 2 heterocycles. The number of nitrogens with zero attached hydrogens (tertiary/aromatic N) is 2. The van der Waals surface area contributed by atoms with Gasteiger partial charge in [-0.05, 0) is 42.1 Å². The average molecular weight is 348 g/mol. The van der Waals surface area contributed by atoms with Crippen molar-refractivity contribution >= 4 is 27.5 Å². The summed E-state index contributed by atoms with van der Waals surface area (Å²) in [5.41, 5.74) is 0.422. The van der Waals surface area contributed by atoms with E-state index in [1.807, 2.05) is 0 Å². The molecule has 0 radical (unpaired) electrons. The zero-order valence-electron chi connectivity index (χ0n) is 11.9. The zero-order valence-corrected chi connectivity index (χ0v) is 14.2. The van der Waals surface area contributed by atoms with Crippen molar-refractivity contribution < 1.29 is 4.74 Å². The van der Waals surface area contributed by atoms with Gasteiger partial charge in [-0.3, -0.25) is 0 Å². The number of hydrogen-bond donors (Lipinski definition) is 0. The van der Waals surface area contributed by atoms with Gasteiger partial charge in [0.25, 0.3) is 0 Å². The summed E-state index contributed by atoms with van der Waals surface area (Å²) in [6, 6.07) is 0. The third-order valence-corrected chi connectivity index (χ3v) is 4.72. The van der Waals surface area contributed by atoms with Crippen molar-refractivity contribution in [3.63, 3.8) is 0 Å². The standard InChI is InChI=1S/C14H20BrClN2O/c1-13(2,3)10-9(15)11(16)18-12(17-10)14(4)7-5-6-8-19-14/h5-8H2,1-4H3. The molecule has 0 bridgehead atoms. The second kappa shape index (κ2) is 5.30. The van der Waals surface area contributed by atoms with E-state index in [0.29, 0.717) is 11.0 Å². The summed E-state index contributed by atoms with van der Waals surface area (Å²) >= 11 is 9.75. The number of ether oxygens (including phenoxy) is 1. The molecule has 3 nitrogen and oxygen atoms in total. The summed E-state index contributed by atoms with van der Waals surface area (Å²) in [5.74, 6) is 0.699. The Morgan fingerprint density at radius 2 is 1.95 bits per heavy atom. The first-order chi connectivity index (χ1) is 8.74. The first-order valence-corrected chi connectivity index (χ1v) is 7.79. The van der Waals surface area contributed by atoms with Crippen LogP contribution >= 0.6 is 27.5 Å². The monoisotopic (exact) mass is 346 g/mol. The van der Waals surface area contributed by atoms with Crippen LogP contribution in [0.2, 0.25) is 5.15 Å². The summed E-state index contributed by atoms with van der Waals surface area (Å²) < 4.78 is 6.70. The summed E-state index contributed by atoms with van der Waals surface area (Å²) in [7, 11) is 0. The second-order valence-corrected chi connectivity index (χ2v) is 7.44. The van der Waals surface area contributed by atoms with E-state index in [-0.39, 0.29) is 5.41 Å². The minimum atomic E-state index is -0.414. The van der Waals surface area contributed by atoms with Crippen molar-refractivity contribution in [3.8, 4) is 0 Å². The fourth-order valence-corrected chi connectivity index (χ4v) is 3.21. The lowest BCUT2D eigenvalue weighted by Crippen LogP contribution is -2.33. The maximum atomic E-state index is 6.25. The fourth-order valence-electron chi connectivity index (χ4n) is 2.26. The molecule has 0 saturated carbocycles. The highest BCUT2D eigenvalue weighted by atomic mass is 79.9. The zero-order chi connectivity index (χ0) is 14.3. The van der Waals surface area contributed by atoms with Gasteiger partial charge in [0, 0.05) is 12.0 Å². The second-order valence-electron chi connectivity index (χ2n) is 6.29. The molecule has 1 atom stereocenters. The Morgan fingerprint density at radius 3 is 2.47 bits per heavy atom. The average Bonchev–Trinajstić information content (AvgIpc) is 2.31. The van der Waals surface area contributed by atoms with Crippen LogP contribution in [0.25, 0.3) is 0 Å². The molecule has 0 N–H and O–H groups in total. The van der Waals surface area contributed by atoms with Crippen LogP contribution in [0.1, 0.15) is 58.5 Å². The molecule has 1 aromatic rings. The molecule has 2 rings (SSSR count). The van der Waals surface area contributed by atoms with Gasteiger partial charge in [0.2, 0.25) is 0 Å². The van der Waals surface area contributed by atoms with Crippen molar-refractivity contribution in [2.24, 2.45) is 0 Å². The molecular formula is C14H20BrClN2O. The van der Waals surface area contributed by atoms with E-state index in [2.05, 4.69) is 48.6 Å². The number of halogens is 2. The Balaban J connectivity index is 2.50. The molecular weight excluding hydrogens is 328 g/mol. The molecule has 5 heteroatoms. The van der Waals surface area contributed by atoms with Gasteiger partial charge in [0.1, 0.15) is 10.8 Å². The van der Waals surface area contributed by atoms with Gasteiger partial charge in [0.05, 0.1) is 10.2 Å². The summed E-state index contributed by atoms with van der Waals surface area (Å²) in [6.45, 7) is 9.16. The Kier molecular flexibility index (Phi) is 4.24. The van der Waals surface area contributed by atoms with E-state index >= 15 is 0 Å². The molecule has 1 aromatic heterocycles. The highest BCUT2D eigenvalue weighted by molar-refractivity contribution is 9.10. The van der Waals surface area contributed by atoms with Crippen LogP contribution in [0.4, 0.5) is 0 Å². The third-order valence-electron chi connectivity index (χ3n) is 3.46. The Labute approximate surface area is 128 Å². The maximum Gasteiger partial charge on any atom is 0.162 e. The van der Waals surface area contributed by atoms with E-state index in [4.69, 9.17) is 21.3 Å². The molecule has 1 aliphatic rings. The molecule has 0 spiro atoms. The van der Waals surface area contributed by atoms with Crippen LogP contribution in [0, 0.1) is 0 Å². The topological polar surface area (TPSA) is 35.0 Å². The van der Waals surface area contributed by atoms with Crippen molar-refractivity contribution in [3.05, 3.63) is 21.1 Å². The lowest BCUT2D eigenvalue weighted by Gasteiger charge is -2.33. The number of aromatic nitrogens is 2. The lowest BCUT2D eigenvalue weighted by atomic mass is 9.90.